The summed E-state index contributed by atoms with van der Waals surface area (Å²) in [5, 5.41) is 8.77. The van der Waals surface area contributed by atoms with Crippen molar-refractivity contribution in [3.05, 3.63) is 65.9 Å². The van der Waals surface area contributed by atoms with E-state index in [9.17, 15) is 14.4 Å². The lowest BCUT2D eigenvalue weighted by Crippen LogP contribution is -2.25. The second-order valence-corrected chi connectivity index (χ2v) is 5.54. The second kappa shape index (κ2) is 5.68. The maximum atomic E-state index is 12.4. The van der Waals surface area contributed by atoms with Gasteiger partial charge in [0, 0.05) is 11.9 Å². The molecule has 0 aromatic heterocycles. The average molecular weight is 309 g/mol. The van der Waals surface area contributed by atoms with E-state index in [-0.39, 0.29) is 11.8 Å². The molecule has 5 nitrogen and oxygen atoms in total. The zero-order valence-electron chi connectivity index (χ0n) is 12.5. The maximum Gasteiger partial charge on any atom is 0.372 e. The van der Waals surface area contributed by atoms with E-state index in [1.807, 2.05) is 24.3 Å². The quantitative estimate of drug-likeness (QED) is 0.867. The van der Waals surface area contributed by atoms with Crippen LogP contribution in [0.4, 0.5) is 5.69 Å². The van der Waals surface area contributed by atoms with Crippen LogP contribution in [0.25, 0.3) is 0 Å². The highest BCUT2D eigenvalue weighted by Crippen LogP contribution is 2.32. The first-order chi connectivity index (χ1) is 11.0. The first-order valence-corrected chi connectivity index (χ1v) is 7.26. The van der Waals surface area contributed by atoms with Crippen LogP contribution in [0.3, 0.4) is 0 Å². The van der Waals surface area contributed by atoms with Gasteiger partial charge in [0.1, 0.15) is 0 Å². The fourth-order valence-electron chi connectivity index (χ4n) is 2.73. The Morgan fingerprint density at radius 1 is 1.17 bits per heavy atom. The number of amides is 1. The van der Waals surface area contributed by atoms with Crippen molar-refractivity contribution in [3.63, 3.8) is 0 Å². The molecule has 23 heavy (non-hydrogen) atoms. The number of rotatable bonds is 4. The number of allylic oxidation sites excluding steroid dienone is 3. The molecule has 5 heteroatoms. The third-order valence-electron chi connectivity index (χ3n) is 4.12. The largest absolute Gasteiger partial charge is 0.475 e. The molecule has 1 aliphatic carbocycles. The molecule has 0 bridgehead atoms. The van der Waals surface area contributed by atoms with Crippen LogP contribution in [0.5, 0.6) is 0 Å². The molecule has 1 aromatic carbocycles. The number of hydrogen-bond acceptors (Lipinski definition) is 3. The number of carboxylic acid groups (broad SMARTS) is 1. The van der Waals surface area contributed by atoms with Gasteiger partial charge in [0.05, 0.1) is 11.8 Å². The minimum atomic E-state index is -1.44. The van der Waals surface area contributed by atoms with Crippen molar-refractivity contribution >= 4 is 23.3 Å². The van der Waals surface area contributed by atoms with Gasteiger partial charge in [-0.05, 0) is 23.3 Å². The van der Waals surface area contributed by atoms with Gasteiger partial charge in [-0.3, -0.25) is 14.5 Å². The number of nitrogens with zero attached hydrogens (tertiary/aromatic N) is 1. The Morgan fingerprint density at radius 2 is 1.87 bits per heavy atom. The fraction of sp³-hybridized carbons (Fsp3) is 0.167. The number of carbonyl (C=O) groups excluding carboxylic acids is 2. The molecule has 0 radical (unpaired) electrons. The van der Waals surface area contributed by atoms with E-state index in [2.05, 4.69) is 0 Å². The van der Waals surface area contributed by atoms with Crippen LogP contribution in [0.1, 0.15) is 18.4 Å². The highest BCUT2D eigenvalue weighted by atomic mass is 16.4. The highest BCUT2D eigenvalue weighted by molar-refractivity contribution is 6.34. The average Bonchev–Trinajstić information content (AvgIpc) is 2.91. The first kappa shape index (κ1) is 15.0. The van der Waals surface area contributed by atoms with Gasteiger partial charge in [0.25, 0.3) is 0 Å². The zero-order chi connectivity index (χ0) is 16.6. The van der Waals surface area contributed by atoms with Crippen LogP contribution in [0.2, 0.25) is 0 Å². The summed E-state index contributed by atoms with van der Waals surface area (Å²) >= 11 is 0. The van der Waals surface area contributed by atoms with Crippen molar-refractivity contribution in [2.45, 2.75) is 12.8 Å². The minimum Gasteiger partial charge on any atom is -0.475 e. The lowest BCUT2D eigenvalue weighted by Gasteiger charge is -2.16. The Hall–Kier alpha value is -2.95. The summed E-state index contributed by atoms with van der Waals surface area (Å²) < 4.78 is 0. The summed E-state index contributed by atoms with van der Waals surface area (Å²) in [6.07, 6.45) is 9.31. The van der Waals surface area contributed by atoms with Crippen LogP contribution in [-0.2, 0) is 14.4 Å². The van der Waals surface area contributed by atoms with Gasteiger partial charge in [0.15, 0.2) is 0 Å². The molecule has 2 atom stereocenters. The Kier molecular flexibility index (Phi) is 3.70. The lowest BCUT2D eigenvalue weighted by atomic mass is 9.96. The van der Waals surface area contributed by atoms with Crippen LogP contribution < -0.4 is 4.90 Å². The number of fused-ring (bicyclic) bond motifs is 1. The predicted octanol–water partition coefficient (Wildman–Crippen LogP) is 2.42. The Morgan fingerprint density at radius 3 is 2.48 bits per heavy atom. The molecule has 1 aromatic rings. The molecule has 116 valence electrons. The van der Waals surface area contributed by atoms with Crippen molar-refractivity contribution in [2.24, 2.45) is 5.92 Å². The van der Waals surface area contributed by atoms with Crippen molar-refractivity contribution < 1.29 is 19.5 Å². The molecule has 1 heterocycles. The molecule has 0 fully saturated rings. The summed E-state index contributed by atoms with van der Waals surface area (Å²) in [6.45, 7) is 1.55. The summed E-state index contributed by atoms with van der Waals surface area (Å²) in [5.74, 6) is -3.28. The van der Waals surface area contributed by atoms with Gasteiger partial charge in [-0.25, -0.2) is 4.79 Å². The van der Waals surface area contributed by atoms with E-state index in [1.54, 1.807) is 42.3 Å². The number of hydrogen-bond donors (Lipinski definition) is 1. The summed E-state index contributed by atoms with van der Waals surface area (Å²) in [7, 11) is 0. The van der Waals surface area contributed by atoms with E-state index < -0.39 is 17.7 Å². The maximum absolute atomic E-state index is 12.4. The number of carbonyl (C=O) groups is 3. The Bertz CT molecular complexity index is 771. The molecule has 2 unspecified atom stereocenters. The first-order valence-electron chi connectivity index (χ1n) is 7.26. The normalized spacial score (nSPS) is 20.2. The van der Waals surface area contributed by atoms with Gasteiger partial charge in [0.2, 0.25) is 11.7 Å². The molecular formula is C18H15NO4. The van der Waals surface area contributed by atoms with E-state index >= 15 is 0 Å². The van der Waals surface area contributed by atoms with E-state index in [0.717, 1.165) is 5.57 Å². The van der Waals surface area contributed by atoms with Crippen molar-refractivity contribution in [1.29, 1.82) is 0 Å². The van der Waals surface area contributed by atoms with E-state index in [1.165, 1.54) is 0 Å². The Balaban J connectivity index is 1.83. The van der Waals surface area contributed by atoms with Crippen LogP contribution in [0.15, 0.2) is 60.3 Å². The lowest BCUT2D eigenvalue weighted by molar-refractivity contribution is -0.149. The van der Waals surface area contributed by atoms with Crippen molar-refractivity contribution in [2.75, 3.05) is 4.90 Å². The summed E-state index contributed by atoms with van der Waals surface area (Å²) in [5.41, 5.74) is 2.24. The molecular weight excluding hydrogens is 294 g/mol. The van der Waals surface area contributed by atoms with E-state index in [4.69, 9.17) is 5.11 Å². The van der Waals surface area contributed by atoms with Gasteiger partial charge in [-0.2, -0.15) is 0 Å². The summed E-state index contributed by atoms with van der Waals surface area (Å²) in [6, 6.07) is 6.81. The SMILES string of the molecule is CC(C(=O)C(=O)O)c1ccc(N2C=C3C=CC=CC3C2=O)cc1. The molecule has 0 saturated carbocycles. The molecule has 1 amide bonds. The van der Waals surface area contributed by atoms with Gasteiger partial charge >= 0.3 is 5.97 Å². The zero-order valence-corrected chi connectivity index (χ0v) is 12.5. The van der Waals surface area contributed by atoms with Crippen LogP contribution in [-0.4, -0.2) is 22.8 Å². The molecule has 0 saturated heterocycles. The van der Waals surface area contributed by atoms with Crippen molar-refractivity contribution in [1.82, 2.24) is 0 Å². The van der Waals surface area contributed by atoms with Gasteiger partial charge in [-0.15, -0.1) is 0 Å². The number of aliphatic carboxylic acids is 1. The number of anilines is 1. The third-order valence-corrected chi connectivity index (χ3v) is 4.12. The molecule has 1 aliphatic heterocycles. The molecule has 2 aliphatic rings. The fourth-order valence-corrected chi connectivity index (χ4v) is 2.73. The molecule has 0 spiro atoms. The second-order valence-electron chi connectivity index (χ2n) is 5.54. The smallest absolute Gasteiger partial charge is 0.372 e. The molecule has 3 rings (SSSR count). The van der Waals surface area contributed by atoms with Crippen LogP contribution in [0, 0.1) is 5.92 Å². The predicted molar refractivity (Wildman–Crippen MR) is 84.8 cm³/mol. The third kappa shape index (κ3) is 2.61. The highest BCUT2D eigenvalue weighted by Gasteiger charge is 2.32. The van der Waals surface area contributed by atoms with E-state index in [0.29, 0.717) is 11.3 Å². The van der Waals surface area contributed by atoms with Crippen LogP contribution >= 0.6 is 0 Å². The Labute approximate surface area is 133 Å². The molecule has 1 N–H and O–H groups in total. The minimum absolute atomic E-state index is 0.0250. The number of carboxylic acids is 1. The topological polar surface area (TPSA) is 74.7 Å². The standard InChI is InChI=1S/C18H15NO4/c1-11(16(20)18(22)23)12-6-8-14(9-7-12)19-10-13-4-2-3-5-15(13)17(19)21/h2-11,15H,1H3,(H,22,23). The number of ketones is 1. The van der Waals surface area contributed by atoms with Gasteiger partial charge in [-0.1, -0.05) is 43.4 Å². The van der Waals surface area contributed by atoms with Gasteiger partial charge < -0.3 is 5.11 Å². The monoisotopic (exact) mass is 309 g/mol. The number of benzene rings is 1. The summed E-state index contributed by atoms with van der Waals surface area (Å²) in [4.78, 5) is 36.3. The van der Waals surface area contributed by atoms with Crippen molar-refractivity contribution in [3.8, 4) is 0 Å². The number of Topliss-reactive ketones (excluding diaryl/α,β-unsaturated/α-hetero) is 1.